The van der Waals surface area contributed by atoms with E-state index in [0.717, 1.165) is 16.4 Å². The van der Waals surface area contributed by atoms with Crippen molar-refractivity contribution in [3.63, 3.8) is 0 Å². The van der Waals surface area contributed by atoms with Crippen molar-refractivity contribution in [3.05, 3.63) is 33.1 Å². The van der Waals surface area contributed by atoms with Crippen LogP contribution in [-0.2, 0) is 0 Å². The monoisotopic (exact) mass is 360 g/mol. The van der Waals surface area contributed by atoms with Crippen molar-refractivity contribution < 1.29 is 9.18 Å². The maximum Gasteiger partial charge on any atom is 0.167 e. The molecule has 0 saturated heterocycles. The highest BCUT2D eigenvalue weighted by Gasteiger charge is 2.30. The highest BCUT2D eigenvalue weighted by molar-refractivity contribution is 14.1. The third-order valence-electron chi connectivity index (χ3n) is 3.75. The lowest BCUT2D eigenvalue weighted by Crippen LogP contribution is -2.26. The number of hydrogen-bond acceptors (Lipinski definition) is 1. The fraction of sp³-hybridized carbons (Fsp3) is 0.533. The van der Waals surface area contributed by atoms with Crippen LogP contribution in [0.25, 0.3) is 0 Å². The minimum Gasteiger partial charge on any atom is -0.294 e. The zero-order valence-electron chi connectivity index (χ0n) is 10.7. The summed E-state index contributed by atoms with van der Waals surface area (Å²) >= 11 is 2.05. The molecule has 1 aliphatic carbocycles. The quantitative estimate of drug-likeness (QED) is 0.553. The Kier molecular flexibility index (Phi) is 4.41. The normalized spacial score (nSPS) is 28.1. The summed E-state index contributed by atoms with van der Waals surface area (Å²) in [5.41, 5.74) is 0.684. The van der Waals surface area contributed by atoms with Crippen molar-refractivity contribution in [2.75, 3.05) is 0 Å². The van der Waals surface area contributed by atoms with E-state index in [1.54, 1.807) is 6.07 Å². The first kappa shape index (κ1) is 14.0. The Bertz CT molecular complexity index is 448. The molecule has 0 N–H and O–H groups in total. The molecule has 98 valence electrons. The number of Topliss-reactive ketones (excluding diaryl/α,β-unsaturated/α-hetero) is 1. The molecular formula is C15H18FIO. The van der Waals surface area contributed by atoms with Gasteiger partial charge in [-0.05, 0) is 71.9 Å². The summed E-state index contributed by atoms with van der Waals surface area (Å²) in [6.07, 6.45) is 3.15. The van der Waals surface area contributed by atoms with E-state index in [1.807, 2.05) is 22.6 Å². The summed E-state index contributed by atoms with van der Waals surface area (Å²) in [4.78, 5) is 12.5. The molecule has 1 nitrogen and oxygen atoms in total. The predicted molar refractivity (Wildman–Crippen MR) is 79.1 cm³/mol. The van der Waals surface area contributed by atoms with E-state index in [2.05, 4.69) is 13.8 Å². The van der Waals surface area contributed by atoms with Gasteiger partial charge in [0, 0.05) is 15.1 Å². The van der Waals surface area contributed by atoms with Crippen LogP contribution in [0.15, 0.2) is 18.2 Å². The molecule has 2 rings (SSSR count). The van der Waals surface area contributed by atoms with Crippen LogP contribution in [0.5, 0.6) is 0 Å². The lowest BCUT2D eigenvalue weighted by molar-refractivity contribution is 0.0835. The molecule has 2 atom stereocenters. The summed E-state index contributed by atoms with van der Waals surface area (Å²) in [7, 11) is 0. The highest BCUT2D eigenvalue weighted by atomic mass is 127. The molecule has 1 aromatic carbocycles. The van der Waals surface area contributed by atoms with Gasteiger partial charge in [0.25, 0.3) is 0 Å². The van der Waals surface area contributed by atoms with Crippen molar-refractivity contribution in [2.24, 2.45) is 17.8 Å². The second-order valence-corrected chi connectivity index (χ2v) is 6.76. The van der Waals surface area contributed by atoms with Crippen LogP contribution < -0.4 is 0 Å². The van der Waals surface area contributed by atoms with E-state index < -0.39 is 0 Å². The minimum atomic E-state index is -0.277. The topological polar surface area (TPSA) is 17.1 Å². The Labute approximate surface area is 121 Å². The van der Waals surface area contributed by atoms with Gasteiger partial charge in [0.2, 0.25) is 0 Å². The van der Waals surface area contributed by atoms with E-state index >= 15 is 0 Å². The summed E-state index contributed by atoms with van der Waals surface area (Å²) in [5.74, 6) is 1.25. The molecule has 0 aliphatic heterocycles. The lowest BCUT2D eigenvalue weighted by atomic mass is 9.74. The number of ketones is 1. The highest BCUT2D eigenvalue weighted by Crippen LogP contribution is 2.35. The second-order valence-electron chi connectivity index (χ2n) is 5.60. The van der Waals surface area contributed by atoms with Crippen molar-refractivity contribution in [1.82, 2.24) is 0 Å². The maximum atomic E-state index is 13.1. The predicted octanol–water partition coefficient (Wildman–Crippen LogP) is 4.69. The molecule has 0 spiro atoms. The maximum absolute atomic E-state index is 13.1. The first-order valence-electron chi connectivity index (χ1n) is 6.46. The smallest absolute Gasteiger partial charge is 0.167 e. The van der Waals surface area contributed by atoms with E-state index in [9.17, 15) is 9.18 Å². The van der Waals surface area contributed by atoms with Crippen LogP contribution in [0.3, 0.4) is 0 Å². The minimum absolute atomic E-state index is 0.114. The Morgan fingerprint density at radius 1 is 1.22 bits per heavy atom. The molecular weight excluding hydrogens is 342 g/mol. The molecule has 0 aromatic heterocycles. The molecule has 1 saturated carbocycles. The third-order valence-corrected chi connectivity index (χ3v) is 4.64. The molecule has 1 fully saturated rings. The number of carbonyl (C=O) groups is 1. The van der Waals surface area contributed by atoms with E-state index in [1.165, 1.54) is 18.6 Å². The molecule has 3 heteroatoms. The Balaban J connectivity index is 2.20. The van der Waals surface area contributed by atoms with E-state index in [0.29, 0.717) is 17.4 Å². The molecule has 1 aromatic rings. The molecule has 0 radical (unpaired) electrons. The number of rotatable bonds is 2. The van der Waals surface area contributed by atoms with Gasteiger partial charge in [0.15, 0.2) is 5.78 Å². The van der Waals surface area contributed by atoms with Gasteiger partial charge in [-0.25, -0.2) is 4.39 Å². The summed E-state index contributed by atoms with van der Waals surface area (Å²) in [6.45, 7) is 4.43. The van der Waals surface area contributed by atoms with Gasteiger partial charge in [-0.2, -0.15) is 0 Å². The Hall–Kier alpha value is -0.450. The van der Waals surface area contributed by atoms with Gasteiger partial charge < -0.3 is 0 Å². The van der Waals surface area contributed by atoms with Crippen LogP contribution in [0.4, 0.5) is 4.39 Å². The fourth-order valence-corrected chi connectivity index (χ4v) is 3.81. The van der Waals surface area contributed by atoms with Gasteiger partial charge in [0.1, 0.15) is 5.82 Å². The molecule has 18 heavy (non-hydrogen) atoms. The average Bonchev–Trinajstić information content (AvgIpc) is 2.26. The van der Waals surface area contributed by atoms with Gasteiger partial charge >= 0.3 is 0 Å². The standard InChI is InChI=1S/C15H18FIO/c1-9-5-10(2)7-11(6-9)15(18)13-4-3-12(16)8-14(13)17/h3-4,8-11H,5-7H2,1-2H3. The lowest BCUT2D eigenvalue weighted by Gasteiger charge is -2.30. The van der Waals surface area contributed by atoms with Gasteiger partial charge in [0.05, 0.1) is 0 Å². The average molecular weight is 360 g/mol. The Morgan fingerprint density at radius 2 is 1.83 bits per heavy atom. The molecule has 0 amide bonds. The summed E-state index contributed by atoms with van der Waals surface area (Å²) in [5, 5.41) is 0. The van der Waals surface area contributed by atoms with Gasteiger partial charge in [-0.1, -0.05) is 13.8 Å². The summed E-state index contributed by atoms with van der Waals surface area (Å²) in [6, 6.07) is 4.44. The van der Waals surface area contributed by atoms with Crippen LogP contribution in [0.1, 0.15) is 43.5 Å². The van der Waals surface area contributed by atoms with Gasteiger partial charge in [-0.15, -0.1) is 0 Å². The molecule has 0 bridgehead atoms. The van der Waals surface area contributed by atoms with Crippen molar-refractivity contribution in [3.8, 4) is 0 Å². The number of benzene rings is 1. The van der Waals surface area contributed by atoms with Crippen molar-refractivity contribution in [1.29, 1.82) is 0 Å². The zero-order valence-corrected chi connectivity index (χ0v) is 12.9. The van der Waals surface area contributed by atoms with Crippen molar-refractivity contribution in [2.45, 2.75) is 33.1 Å². The first-order valence-corrected chi connectivity index (χ1v) is 7.54. The SMILES string of the molecule is CC1CC(C)CC(C(=O)c2ccc(F)cc2I)C1. The number of carbonyl (C=O) groups excluding carboxylic acids is 1. The number of halogens is 2. The summed E-state index contributed by atoms with van der Waals surface area (Å²) < 4.78 is 13.8. The van der Waals surface area contributed by atoms with Crippen LogP contribution >= 0.6 is 22.6 Å². The van der Waals surface area contributed by atoms with Crippen LogP contribution in [0, 0.1) is 27.1 Å². The van der Waals surface area contributed by atoms with E-state index in [-0.39, 0.29) is 17.5 Å². The number of hydrogen-bond donors (Lipinski definition) is 0. The zero-order chi connectivity index (χ0) is 13.3. The molecule has 1 aliphatic rings. The second kappa shape index (κ2) is 5.68. The third kappa shape index (κ3) is 3.11. The van der Waals surface area contributed by atoms with Gasteiger partial charge in [-0.3, -0.25) is 4.79 Å². The van der Waals surface area contributed by atoms with Crippen LogP contribution in [-0.4, -0.2) is 5.78 Å². The first-order chi connectivity index (χ1) is 8.47. The molecule has 2 unspecified atom stereocenters. The fourth-order valence-electron chi connectivity index (χ4n) is 3.07. The van der Waals surface area contributed by atoms with E-state index in [4.69, 9.17) is 0 Å². The Morgan fingerprint density at radius 3 is 2.39 bits per heavy atom. The van der Waals surface area contributed by atoms with Crippen molar-refractivity contribution >= 4 is 28.4 Å². The molecule has 0 heterocycles. The largest absolute Gasteiger partial charge is 0.294 e. The van der Waals surface area contributed by atoms with Crippen LogP contribution in [0.2, 0.25) is 0 Å².